The molecule has 2 N–H and O–H groups in total. The highest BCUT2D eigenvalue weighted by Gasteiger charge is 2.40. The molecule has 1 saturated heterocycles. The van der Waals surface area contributed by atoms with Crippen LogP contribution in [0.4, 0.5) is 0 Å². The van der Waals surface area contributed by atoms with E-state index in [1.807, 2.05) is 13.8 Å². The molecule has 1 aromatic carbocycles. The van der Waals surface area contributed by atoms with Crippen LogP contribution in [0.15, 0.2) is 29.2 Å². The number of hydrogen-bond donors (Lipinski definition) is 2. The summed E-state index contributed by atoms with van der Waals surface area (Å²) in [6.45, 7) is 3.76. The summed E-state index contributed by atoms with van der Waals surface area (Å²) >= 11 is 6.25. The standard InChI is InChI=1S/C17H17NO5S2/c1-9(2)7-12(16(22)23)18-14(19)13(25-17(18)24)8-10-3-5-11(6-4-10)15(20)21/h3-6,8-9,12H,7H2,1-2H3,(H,20,21)(H,22,23)/b13-8-/t12-/m1/s1. The number of carboxylic acid groups (broad SMARTS) is 2. The number of hydrogen-bond acceptors (Lipinski definition) is 5. The molecule has 0 bridgehead atoms. The first-order chi connectivity index (χ1) is 11.7. The molecule has 0 radical (unpaired) electrons. The van der Waals surface area contributed by atoms with Crippen molar-refractivity contribution in [3.05, 3.63) is 40.3 Å². The molecule has 0 unspecified atom stereocenters. The average molecular weight is 379 g/mol. The van der Waals surface area contributed by atoms with Crippen LogP contribution in [0.3, 0.4) is 0 Å². The van der Waals surface area contributed by atoms with E-state index in [1.165, 1.54) is 12.1 Å². The van der Waals surface area contributed by atoms with E-state index in [4.69, 9.17) is 17.3 Å². The van der Waals surface area contributed by atoms with Crippen LogP contribution < -0.4 is 0 Å². The van der Waals surface area contributed by atoms with Crippen molar-refractivity contribution in [2.24, 2.45) is 5.92 Å². The fourth-order valence-corrected chi connectivity index (χ4v) is 3.74. The molecule has 8 heteroatoms. The highest BCUT2D eigenvalue weighted by Crippen LogP contribution is 2.35. The molecule has 25 heavy (non-hydrogen) atoms. The SMILES string of the molecule is CC(C)C[C@H](C(=O)O)N1C(=O)/C(=C/c2ccc(C(=O)O)cc2)SC1=S. The van der Waals surface area contributed by atoms with Gasteiger partial charge in [0.25, 0.3) is 5.91 Å². The van der Waals surface area contributed by atoms with Crippen molar-refractivity contribution in [2.45, 2.75) is 26.3 Å². The molecule has 1 atom stereocenters. The molecule has 1 aromatic rings. The van der Waals surface area contributed by atoms with Crippen LogP contribution in [0.25, 0.3) is 6.08 Å². The van der Waals surface area contributed by atoms with Gasteiger partial charge in [-0.3, -0.25) is 9.69 Å². The van der Waals surface area contributed by atoms with E-state index in [0.717, 1.165) is 16.7 Å². The number of carbonyl (C=O) groups is 3. The van der Waals surface area contributed by atoms with Gasteiger partial charge in [-0.2, -0.15) is 0 Å². The van der Waals surface area contributed by atoms with Crippen LogP contribution in [-0.2, 0) is 9.59 Å². The minimum Gasteiger partial charge on any atom is -0.480 e. The zero-order valence-corrected chi connectivity index (χ0v) is 15.3. The summed E-state index contributed by atoms with van der Waals surface area (Å²) in [6.07, 6.45) is 1.89. The molecule has 0 spiro atoms. The molecule has 1 amide bonds. The summed E-state index contributed by atoms with van der Waals surface area (Å²) in [4.78, 5) is 36.5. The Bertz CT molecular complexity index is 755. The van der Waals surface area contributed by atoms with Crippen LogP contribution in [0.5, 0.6) is 0 Å². The van der Waals surface area contributed by atoms with Gasteiger partial charge in [0.1, 0.15) is 10.4 Å². The molecule has 0 saturated carbocycles. The fraction of sp³-hybridized carbons (Fsp3) is 0.294. The summed E-state index contributed by atoms with van der Waals surface area (Å²) in [5.74, 6) is -2.46. The summed E-state index contributed by atoms with van der Waals surface area (Å²) in [7, 11) is 0. The largest absolute Gasteiger partial charge is 0.480 e. The Morgan fingerprint density at radius 1 is 1.24 bits per heavy atom. The van der Waals surface area contributed by atoms with Crippen molar-refractivity contribution in [1.29, 1.82) is 0 Å². The van der Waals surface area contributed by atoms with Crippen molar-refractivity contribution in [1.82, 2.24) is 4.90 Å². The molecule has 0 aliphatic carbocycles. The predicted molar refractivity (Wildman–Crippen MR) is 99.3 cm³/mol. The van der Waals surface area contributed by atoms with Gasteiger partial charge in [-0.25, -0.2) is 9.59 Å². The van der Waals surface area contributed by atoms with Crippen molar-refractivity contribution in [3.8, 4) is 0 Å². The maximum absolute atomic E-state index is 12.6. The van der Waals surface area contributed by atoms with Crippen molar-refractivity contribution in [2.75, 3.05) is 0 Å². The number of aliphatic carboxylic acids is 1. The number of nitrogens with zero attached hydrogens (tertiary/aromatic N) is 1. The highest BCUT2D eigenvalue weighted by atomic mass is 32.2. The lowest BCUT2D eigenvalue weighted by molar-refractivity contribution is -0.145. The second-order valence-corrected chi connectivity index (χ2v) is 7.64. The van der Waals surface area contributed by atoms with Crippen LogP contribution in [0, 0.1) is 5.92 Å². The predicted octanol–water partition coefficient (Wildman–Crippen LogP) is 3.09. The van der Waals surface area contributed by atoms with Gasteiger partial charge in [-0.15, -0.1) is 0 Å². The Morgan fingerprint density at radius 2 is 1.84 bits per heavy atom. The first-order valence-electron chi connectivity index (χ1n) is 7.54. The maximum Gasteiger partial charge on any atom is 0.335 e. The van der Waals surface area contributed by atoms with Gasteiger partial charge in [-0.05, 0) is 36.1 Å². The van der Waals surface area contributed by atoms with E-state index >= 15 is 0 Å². The number of aromatic carboxylic acids is 1. The molecule has 1 fully saturated rings. The van der Waals surface area contributed by atoms with Crippen LogP contribution in [-0.4, -0.2) is 43.3 Å². The number of amides is 1. The van der Waals surface area contributed by atoms with Gasteiger partial charge >= 0.3 is 11.9 Å². The van der Waals surface area contributed by atoms with Gasteiger partial charge in [0.05, 0.1) is 10.5 Å². The number of carboxylic acids is 2. The highest BCUT2D eigenvalue weighted by molar-refractivity contribution is 8.26. The topological polar surface area (TPSA) is 94.9 Å². The monoisotopic (exact) mass is 379 g/mol. The van der Waals surface area contributed by atoms with Crippen molar-refractivity contribution in [3.63, 3.8) is 0 Å². The summed E-state index contributed by atoms with van der Waals surface area (Å²) in [6, 6.07) is 5.05. The molecule has 1 aliphatic heterocycles. The lowest BCUT2D eigenvalue weighted by atomic mass is 10.0. The van der Waals surface area contributed by atoms with E-state index in [1.54, 1.807) is 18.2 Å². The first-order valence-corrected chi connectivity index (χ1v) is 8.76. The first kappa shape index (κ1) is 19.1. The van der Waals surface area contributed by atoms with E-state index in [-0.39, 0.29) is 15.8 Å². The molecule has 132 valence electrons. The zero-order chi connectivity index (χ0) is 18.7. The molecular weight excluding hydrogens is 362 g/mol. The molecule has 0 aromatic heterocycles. The van der Waals surface area contributed by atoms with Crippen LogP contribution in [0.2, 0.25) is 0 Å². The minimum absolute atomic E-state index is 0.0956. The Kier molecular flexibility index (Phi) is 5.97. The number of benzene rings is 1. The second-order valence-electron chi connectivity index (χ2n) is 5.96. The van der Waals surface area contributed by atoms with E-state index in [2.05, 4.69) is 0 Å². The zero-order valence-electron chi connectivity index (χ0n) is 13.6. The Balaban J connectivity index is 2.27. The van der Waals surface area contributed by atoms with E-state index in [0.29, 0.717) is 16.9 Å². The lowest BCUT2D eigenvalue weighted by Gasteiger charge is -2.24. The molecule has 1 aliphatic rings. The quantitative estimate of drug-likeness (QED) is 0.579. The average Bonchev–Trinajstić information content (AvgIpc) is 2.79. The van der Waals surface area contributed by atoms with Gasteiger partial charge in [0, 0.05) is 0 Å². The van der Waals surface area contributed by atoms with E-state index in [9.17, 15) is 19.5 Å². The van der Waals surface area contributed by atoms with Crippen molar-refractivity contribution < 1.29 is 24.6 Å². The van der Waals surface area contributed by atoms with Crippen LogP contribution in [0.1, 0.15) is 36.2 Å². The van der Waals surface area contributed by atoms with Gasteiger partial charge in [-0.1, -0.05) is 50.0 Å². The molecular formula is C17H17NO5S2. The normalized spacial score (nSPS) is 17.4. The lowest BCUT2D eigenvalue weighted by Crippen LogP contribution is -2.44. The van der Waals surface area contributed by atoms with Crippen molar-refractivity contribution >= 4 is 52.2 Å². The molecule has 6 nitrogen and oxygen atoms in total. The number of thiocarbonyl (C=S) groups is 1. The van der Waals surface area contributed by atoms with Gasteiger partial charge in [0.2, 0.25) is 0 Å². The number of thioether (sulfide) groups is 1. The summed E-state index contributed by atoms with van der Waals surface area (Å²) in [5.41, 5.74) is 0.786. The Labute approximate surface area is 154 Å². The third kappa shape index (κ3) is 4.46. The number of rotatable bonds is 6. The third-order valence-electron chi connectivity index (χ3n) is 3.57. The smallest absolute Gasteiger partial charge is 0.335 e. The third-order valence-corrected chi connectivity index (χ3v) is 4.90. The summed E-state index contributed by atoms with van der Waals surface area (Å²) < 4.78 is 0.214. The molecule has 2 rings (SSSR count). The van der Waals surface area contributed by atoms with Crippen LogP contribution >= 0.6 is 24.0 Å². The number of carbonyl (C=O) groups excluding carboxylic acids is 1. The van der Waals surface area contributed by atoms with Gasteiger partial charge < -0.3 is 10.2 Å². The molecule has 1 heterocycles. The Morgan fingerprint density at radius 3 is 2.32 bits per heavy atom. The Hall–Kier alpha value is -2.19. The minimum atomic E-state index is -1.09. The second kappa shape index (κ2) is 7.79. The maximum atomic E-state index is 12.6. The van der Waals surface area contributed by atoms with Gasteiger partial charge in [0.15, 0.2) is 0 Å². The fourth-order valence-electron chi connectivity index (χ4n) is 2.38. The summed E-state index contributed by atoms with van der Waals surface area (Å²) in [5, 5.41) is 18.3. The van der Waals surface area contributed by atoms with E-state index < -0.39 is 23.9 Å².